The summed E-state index contributed by atoms with van der Waals surface area (Å²) in [6.07, 6.45) is 1.60. The molecule has 1 saturated heterocycles. The monoisotopic (exact) mass is 219 g/mol. The van der Waals surface area contributed by atoms with E-state index in [0.29, 0.717) is 5.88 Å². The number of methoxy groups -OCH3 is 1. The van der Waals surface area contributed by atoms with Crippen molar-refractivity contribution in [2.75, 3.05) is 18.7 Å². The second-order valence-corrected chi connectivity index (χ2v) is 4.40. The number of carbonyl (C=O) groups excluding carboxylic acids is 1. The lowest BCUT2D eigenvalue weighted by Crippen LogP contribution is -2.62. The first kappa shape index (κ1) is 9.37. The van der Waals surface area contributed by atoms with Crippen molar-refractivity contribution in [3.05, 3.63) is 11.8 Å². The second-order valence-electron chi connectivity index (χ2n) is 3.02. The number of thioether (sulfide) groups is 1. The zero-order valence-corrected chi connectivity index (χ0v) is 8.77. The lowest BCUT2D eigenvalue weighted by Gasteiger charge is -2.46. The van der Waals surface area contributed by atoms with Crippen LogP contribution in [0.1, 0.15) is 0 Å². The Labute approximate surface area is 86.1 Å². The van der Waals surface area contributed by atoms with Crippen molar-refractivity contribution in [2.45, 2.75) is 11.5 Å². The normalized spacial score (nSPS) is 32.3. The van der Waals surface area contributed by atoms with Crippen molar-refractivity contribution in [3.8, 4) is 0 Å². The van der Waals surface area contributed by atoms with Gasteiger partial charge in [0.25, 0.3) is 5.91 Å². The van der Waals surface area contributed by atoms with Crippen LogP contribution < -0.4 is 0 Å². The number of hydrogen-bond donors (Lipinski definition) is 0. The number of hydrogen-bond acceptors (Lipinski definition) is 3. The standard InChI is InChI=1S/C8H10ClNO2S/c1-12-6-7(11)10-3-5(2-9)4-13-8(6)10/h3,6,8H,2,4H2,1H3/t6?,8-/m1/s1. The highest BCUT2D eigenvalue weighted by atomic mass is 35.5. The quantitative estimate of drug-likeness (QED) is 0.514. The summed E-state index contributed by atoms with van der Waals surface area (Å²) >= 11 is 7.39. The van der Waals surface area contributed by atoms with Crippen molar-refractivity contribution >= 4 is 29.3 Å². The molecule has 13 heavy (non-hydrogen) atoms. The molecule has 0 spiro atoms. The molecule has 3 nitrogen and oxygen atoms in total. The average Bonchev–Trinajstić information content (AvgIpc) is 2.18. The summed E-state index contributed by atoms with van der Waals surface area (Å²) in [4.78, 5) is 13.1. The van der Waals surface area contributed by atoms with Gasteiger partial charge in [0.15, 0.2) is 6.10 Å². The van der Waals surface area contributed by atoms with Gasteiger partial charge < -0.3 is 9.64 Å². The third-order valence-electron chi connectivity index (χ3n) is 2.22. The largest absolute Gasteiger partial charge is 0.368 e. The third kappa shape index (κ3) is 1.37. The number of nitrogens with zero attached hydrogens (tertiary/aromatic N) is 1. The summed E-state index contributed by atoms with van der Waals surface area (Å²) in [7, 11) is 1.57. The van der Waals surface area contributed by atoms with Crippen molar-refractivity contribution < 1.29 is 9.53 Å². The van der Waals surface area contributed by atoms with Gasteiger partial charge in [-0.3, -0.25) is 4.79 Å². The fourth-order valence-electron chi connectivity index (χ4n) is 1.48. The van der Waals surface area contributed by atoms with Crippen molar-refractivity contribution in [1.82, 2.24) is 4.90 Å². The lowest BCUT2D eigenvalue weighted by atomic mass is 10.1. The predicted octanol–water partition coefficient (Wildman–Crippen LogP) is 1.04. The Kier molecular flexibility index (Phi) is 2.53. The predicted molar refractivity (Wildman–Crippen MR) is 52.7 cm³/mol. The van der Waals surface area contributed by atoms with Gasteiger partial charge in [0.1, 0.15) is 5.37 Å². The van der Waals surface area contributed by atoms with Crippen LogP contribution in [-0.2, 0) is 9.53 Å². The molecule has 5 heteroatoms. The van der Waals surface area contributed by atoms with Gasteiger partial charge in [0, 0.05) is 24.9 Å². The molecule has 0 aromatic heterocycles. The van der Waals surface area contributed by atoms with E-state index >= 15 is 0 Å². The number of amides is 1. The Balaban J connectivity index is 2.11. The number of carbonyl (C=O) groups is 1. The van der Waals surface area contributed by atoms with E-state index in [9.17, 15) is 4.79 Å². The molecule has 0 aliphatic carbocycles. The molecule has 2 aliphatic heterocycles. The SMILES string of the molecule is COC1C(=O)N2C=C(CCl)CS[C@H]12. The summed E-state index contributed by atoms with van der Waals surface area (Å²) in [5.41, 5.74) is 1.10. The van der Waals surface area contributed by atoms with Crippen LogP contribution in [-0.4, -0.2) is 41.0 Å². The highest BCUT2D eigenvalue weighted by Crippen LogP contribution is 2.37. The highest BCUT2D eigenvalue weighted by molar-refractivity contribution is 8.00. The lowest BCUT2D eigenvalue weighted by molar-refractivity contribution is -0.156. The minimum absolute atomic E-state index is 0.0438. The van der Waals surface area contributed by atoms with Gasteiger partial charge in [-0.1, -0.05) is 0 Å². The zero-order chi connectivity index (χ0) is 9.42. The number of halogens is 1. The summed E-state index contributed by atoms with van der Waals surface area (Å²) in [6, 6.07) is 0. The minimum atomic E-state index is -0.252. The molecule has 2 atom stereocenters. The van der Waals surface area contributed by atoms with Gasteiger partial charge in [-0.25, -0.2) is 0 Å². The molecule has 0 N–H and O–H groups in total. The molecule has 0 aromatic carbocycles. The third-order valence-corrected chi connectivity index (χ3v) is 3.91. The van der Waals surface area contributed by atoms with E-state index in [2.05, 4.69) is 0 Å². The topological polar surface area (TPSA) is 29.5 Å². The van der Waals surface area contributed by atoms with E-state index < -0.39 is 0 Å². The van der Waals surface area contributed by atoms with E-state index in [1.807, 2.05) is 6.20 Å². The van der Waals surface area contributed by atoms with E-state index in [4.69, 9.17) is 16.3 Å². The molecule has 0 aromatic rings. The van der Waals surface area contributed by atoms with Gasteiger partial charge in [0.05, 0.1) is 0 Å². The summed E-state index contributed by atoms with van der Waals surface area (Å²) in [6.45, 7) is 0. The van der Waals surface area contributed by atoms with E-state index in [1.165, 1.54) is 0 Å². The van der Waals surface area contributed by atoms with Crippen LogP contribution in [0.2, 0.25) is 0 Å². The Morgan fingerprint density at radius 1 is 1.85 bits per heavy atom. The van der Waals surface area contributed by atoms with Gasteiger partial charge >= 0.3 is 0 Å². The number of ether oxygens (including phenoxy) is 1. The van der Waals surface area contributed by atoms with Crippen LogP contribution in [0.3, 0.4) is 0 Å². The molecule has 0 radical (unpaired) electrons. The molecule has 1 fully saturated rings. The molecule has 0 saturated carbocycles. The van der Waals surface area contributed by atoms with Crippen LogP contribution in [0.5, 0.6) is 0 Å². The van der Waals surface area contributed by atoms with Crippen LogP contribution in [0.15, 0.2) is 11.8 Å². The maximum absolute atomic E-state index is 11.4. The van der Waals surface area contributed by atoms with Gasteiger partial charge in [-0.15, -0.1) is 23.4 Å². The fraction of sp³-hybridized carbons (Fsp3) is 0.625. The number of alkyl halides is 1. The molecular formula is C8H10ClNO2S. The van der Waals surface area contributed by atoms with Gasteiger partial charge in [-0.2, -0.15) is 0 Å². The first-order chi connectivity index (χ1) is 6.27. The zero-order valence-electron chi connectivity index (χ0n) is 7.20. The molecule has 0 bridgehead atoms. The smallest absolute Gasteiger partial charge is 0.259 e. The Morgan fingerprint density at radius 2 is 2.62 bits per heavy atom. The van der Waals surface area contributed by atoms with E-state index in [-0.39, 0.29) is 17.4 Å². The molecule has 2 rings (SSSR count). The van der Waals surface area contributed by atoms with Crippen LogP contribution in [0.4, 0.5) is 0 Å². The summed E-state index contributed by atoms with van der Waals surface area (Å²) in [5.74, 6) is 1.45. The Hall–Kier alpha value is -0.190. The minimum Gasteiger partial charge on any atom is -0.368 e. The Bertz CT molecular complexity index is 269. The van der Waals surface area contributed by atoms with Crippen LogP contribution >= 0.6 is 23.4 Å². The first-order valence-corrected chi connectivity index (χ1v) is 5.58. The maximum atomic E-state index is 11.4. The van der Waals surface area contributed by atoms with Crippen LogP contribution in [0, 0.1) is 0 Å². The van der Waals surface area contributed by atoms with Crippen molar-refractivity contribution in [2.24, 2.45) is 0 Å². The van der Waals surface area contributed by atoms with E-state index in [1.54, 1.807) is 23.8 Å². The summed E-state index contributed by atoms with van der Waals surface area (Å²) in [5, 5.41) is 0.171. The molecule has 1 unspecified atom stereocenters. The first-order valence-electron chi connectivity index (χ1n) is 4.00. The number of rotatable bonds is 2. The molecule has 2 heterocycles. The average molecular weight is 220 g/mol. The molecule has 1 amide bonds. The van der Waals surface area contributed by atoms with Crippen LogP contribution in [0.25, 0.3) is 0 Å². The summed E-state index contributed by atoms with van der Waals surface area (Å²) < 4.78 is 5.06. The van der Waals surface area contributed by atoms with Gasteiger partial charge in [-0.05, 0) is 5.57 Å². The fourth-order valence-corrected chi connectivity index (χ4v) is 3.04. The molecule has 2 aliphatic rings. The van der Waals surface area contributed by atoms with E-state index in [0.717, 1.165) is 11.3 Å². The number of β-lactam (4-membered cyclic amide) rings is 1. The van der Waals surface area contributed by atoms with Crippen molar-refractivity contribution in [3.63, 3.8) is 0 Å². The van der Waals surface area contributed by atoms with Crippen molar-refractivity contribution in [1.29, 1.82) is 0 Å². The second kappa shape index (κ2) is 3.52. The highest BCUT2D eigenvalue weighted by Gasteiger charge is 2.48. The molecular weight excluding hydrogens is 210 g/mol. The van der Waals surface area contributed by atoms with Gasteiger partial charge in [0.2, 0.25) is 0 Å². The number of fused-ring (bicyclic) bond motifs is 1. The maximum Gasteiger partial charge on any atom is 0.259 e. The Morgan fingerprint density at radius 3 is 3.23 bits per heavy atom. The molecule has 72 valence electrons.